The zero-order valence-electron chi connectivity index (χ0n) is 17.8. The highest BCUT2D eigenvalue weighted by Gasteiger charge is 2.29. The van der Waals surface area contributed by atoms with Crippen LogP contribution in [0.25, 0.3) is 22.5 Å². The number of rotatable bonds is 7. The lowest BCUT2D eigenvalue weighted by molar-refractivity contribution is 0.103. The number of hydrogen-bond donors (Lipinski definition) is 1. The number of carbonyl (C=O) groups is 1. The Morgan fingerprint density at radius 3 is 2.44 bits per heavy atom. The van der Waals surface area contributed by atoms with Crippen LogP contribution < -0.4 is 14.0 Å². The molecule has 0 aliphatic rings. The van der Waals surface area contributed by atoms with Crippen molar-refractivity contribution in [2.24, 2.45) is 0 Å². The predicted molar refractivity (Wildman–Crippen MR) is 118 cm³/mol. The molecule has 1 N–H and O–H groups in total. The molecule has 0 radical (unpaired) electrons. The van der Waals surface area contributed by atoms with Crippen molar-refractivity contribution in [2.45, 2.75) is 13.8 Å². The summed E-state index contributed by atoms with van der Waals surface area (Å²) in [6.07, 6.45) is 1.46. The Bertz CT molecular complexity index is 1330. The van der Waals surface area contributed by atoms with E-state index >= 15 is 0 Å². The second kappa shape index (κ2) is 8.57. The molecule has 2 aromatic carbocycles. The highest BCUT2D eigenvalue weighted by Crippen LogP contribution is 2.45. The molecule has 0 fully saturated rings. The SMILES string of the molecule is COc1cc(C(=O)c2c(-c3ccco3)oc3c(O[PH](=O)O)c(OC)ccc23)cc(C)c1C. The summed E-state index contributed by atoms with van der Waals surface area (Å²) in [5.74, 6) is 0.872. The van der Waals surface area contributed by atoms with E-state index in [9.17, 15) is 14.3 Å². The number of benzene rings is 2. The van der Waals surface area contributed by atoms with Crippen molar-refractivity contribution in [3.63, 3.8) is 0 Å². The minimum atomic E-state index is -3.37. The largest absolute Gasteiger partial charge is 0.496 e. The fraction of sp³-hybridized carbons (Fsp3) is 0.174. The van der Waals surface area contributed by atoms with Gasteiger partial charge in [-0.15, -0.1) is 0 Å². The molecule has 0 amide bonds. The number of carbonyl (C=O) groups excluding carboxylic acids is 1. The first kappa shape index (κ1) is 21.7. The molecular formula is C23H21O8P. The molecule has 0 saturated heterocycles. The first-order valence-corrected chi connectivity index (χ1v) is 10.9. The monoisotopic (exact) mass is 456 g/mol. The van der Waals surface area contributed by atoms with Crippen LogP contribution in [-0.2, 0) is 4.57 Å². The molecule has 0 aliphatic carbocycles. The number of ketones is 1. The minimum absolute atomic E-state index is 0.0686. The third-order valence-corrected chi connectivity index (χ3v) is 5.64. The number of aryl methyl sites for hydroxylation is 1. The Balaban J connectivity index is 2.02. The van der Waals surface area contributed by atoms with Crippen LogP contribution in [0.15, 0.2) is 51.5 Å². The summed E-state index contributed by atoms with van der Waals surface area (Å²) in [5.41, 5.74) is 2.55. The van der Waals surface area contributed by atoms with Crippen molar-refractivity contribution < 1.29 is 37.1 Å². The van der Waals surface area contributed by atoms with Crippen LogP contribution in [0, 0.1) is 13.8 Å². The van der Waals surface area contributed by atoms with Gasteiger partial charge in [-0.05, 0) is 61.4 Å². The van der Waals surface area contributed by atoms with Gasteiger partial charge in [0.2, 0.25) is 5.75 Å². The molecule has 0 saturated carbocycles. The summed E-state index contributed by atoms with van der Waals surface area (Å²) in [6.45, 7) is 3.81. The first-order valence-electron chi connectivity index (χ1n) is 9.63. The Morgan fingerprint density at radius 2 is 1.81 bits per heavy atom. The molecule has 0 aliphatic heterocycles. The fourth-order valence-corrected chi connectivity index (χ4v) is 3.95. The van der Waals surface area contributed by atoms with Crippen molar-refractivity contribution in [3.8, 4) is 28.8 Å². The Hall–Kier alpha value is -3.48. The Kier molecular flexibility index (Phi) is 5.82. The summed E-state index contributed by atoms with van der Waals surface area (Å²) in [6, 6.07) is 9.95. The van der Waals surface area contributed by atoms with Gasteiger partial charge in [-0.2, -0.15) is 0 Å². The number of ether oxygens (including phenoxy) is 2. The van der Waals surface area contributed by atoms with E-state index < -0.39 is 8.25 Å². The molecule has 1 atom stereocenters. The molecule has 0 bridgehead atoms. The normalized spacial score (nSPS) is 12.0. The van der Waals surface area contributed by atoms with Gasteiger partial charge in [-0.3, -0.25) is 4.79 Å². The topological polar surface area (TPSA) is 108 Å². The van der Waals surface area contributed by atoms with Gasteiger partial charge in [0.1, 0.15) is 5.75 Å². The van der Waals surface area contributed by atoms with Gasteiger partial charge < -0.3 is 27.7 Å². The molecule has 2 heterocycles. The molecule has 8 nitrogen and oxygen atoms in total. The Labute approximate surface area is 184 Å². The van der Waals surface area contributed by atoms with E-state index in [1.807, 2.05) is 13.8 Å². The average molecular weight is 456 g/mol. The van der Waals surface area contributed by atoms with E-state index in [1.165, 1.54) is 13.4 Å². The molecule has 32 heavy (non-hydrogen) atoms. The summed E-state index contributed by atoms with van der Waals surface area (Å²) in [4.78, 5) is 23.1. The van der Waals surface area contributed by atoms with Gasteiger partial charge in [0, 0.05) is 10.9 Å². The number of hydrogen-bond acceptors (Lipinski definition) is 7. The van der Waals surface area contributed by atoms with Gasteiger partial charge in [-0.25, -0.2) is 4.57 Å². The lowest BCUT2D eigenvalue weighted by Gasteiger charge is -2.11. The van der Waals surface area contributed by atoms with Crippen molar-refractivity contribution >= 4 is 25.0 Å². The lowest BCUT2D eigenvalue weighted by Crippen LogP contribution is -2.04. The molecule has 0 spiro atoms. The van der Waals surface area contributed by atoms with Gasteiger partial charge in [0.15, 0.2) is 28.6 Å². The van der Waals surface area contributed by atoms with Gasteiger partial charge >= 0.3 is 8.25 Å². The predicted octanol–water partition coefficient (Wildman–Crippen LogP) is 5.32. The second-order valence-corrected chi connectivity index (χ2v) is 7.81. The standard InChI is InChI=1S/C23H21O8P/c1-12-10-14(11-18(28-4)13(12)2)20(24)19-15-7-8-16(27-3)23(31-32(25)26)21(15)30-22(19)17-6-5-9-29-17/h5-11,32H,1-4H3,(H,25,26). The molecule has 9 heteroatoms. The number of methoxy groups -OCH3 is 2. The van der Waals surface area contributed by atoms with E-state index in [0.717, 1.165) is 11.1 Å². The van der Waals surface area contributed by atoms with Crippen LogP contribution in [-0.4, -0.2) is 24.9 Å². The van der Waals surface area contributed by atoms with Crippen molar-refractivity contribution in [1.29, 1.82) is 0 Å². The van der Waals surface area contributed by atoms with Gasteiger partial charge in [0.25, 0.3) is 0 Å². The molecule has 2 aromatic heterocycles. The fourth-order valence-electron chi connectivity index (χ4n) is 3.58. The second-order valence-electron chi connectivity index (χ2n) is 7.07. The minimum Gasteiger partial charge on any atom is -0.496 e. The first-order chi connectivity index (χ1) is 15.3. The molecular weight excluding hydrogens is 435 g/mol. The highest BCUT2D eigenvalue weighted by atomic mass is 31.1. The van der Waals surface area contributed by atoms with Crippen molar-refractivity contribution in [3.05, 3.63) is 64.9 Å². The van der Waals surface area contributed by atoms with Crippen molar-refractivity contribution in [2.75, 3.05) is 14.2 Å². The third-order valence-electron chi connectivity index (χ3n) is 5.26. The quantitative estimate of drug-likeness (QED) is 0.294. The van der Waals surface area contributed by atoms with E-state index in [1.54, 1.807) is 43.5 Å². The maximum atomic E-state index is 13.7. The smallest absolute Gasteiger partial charge is 0.365 e. The maximum absolute atomic E-state index is 13.7. The maximum Gasteiger partial charge on any atom is 0.365 e. The Morgan fingerprint density at radius 1 is 1.06 bits per heavy atom. The van der Waals surface area contributed by atoms with Crippen LogP contribution in [0.4, 0.5) is 0 Å². The third kappa shape index (κ3) is 3.68. The molecule has 1 unspecified atom stereocenters. The molecule has 166 valence electrons. The van der Waals surface area contributed by atoms with Crippen LogP contribution in [0.1, 0.15) is 27.0 Å². The van der Waals surface area contributed by atoms with E-state index in [2.05, 4.69) is 0 Å². The van der Waals surface area contributed by atoms with Crippen LogP contribution in [0.5, 0.6) is 17.2 Å². The van der Waals surface area contributed by atoms with E-state index in [0.29, 0.717) is 22.5 Å². The van der Waals surface area contributed by atoms with E-state index in [-0.39, 0.29) is 34.2 Å². The number of furan rings is 2. The lowest BCUT2D eigenvalue weighted by atomic mass is 9.96. The zero-order chi connectivity index (χ0) is 23.0. The van der Waals surface area contributed by atoms with Gasteiger partial charge in [0.05, 0.1) is 26.0 Å². The van der Waals surface area contributed by atoms with E-state index in [4.69, 9.17) is 22.8 Å². The summed E-state index contributed by atoms with van der Waals surface area (Å²) in [5, 5.41) is 0.387. The van der Waals surface area contributed by atoms with Crippen LogP contribution in [0.2, 0.25) is 0 Å². The van der Waals surface area contributed by atoms with Crippen molar-refractivity contribution in [1.82, 2.24) is 0 Å². The highest BCUT2D eigenvalue weighted by molar-refractivity contribution is 7.32. The van der Waals surface area contributed by atoms with Gasteiger partial charge in [-0.1, -0.05) is 0 Å². The molecule has 4 aromatic rings. The molecule has 4 rings (SSSR count). The summed E-state index contributed by atoms with van der Waals surface area (Å²) in [7, 11) is -0.430. The number of fused-ring (bicyclic) bond motifs is 1. The summed E-state index contributed by atoms with van der Waals surface area (Å²) >= 11 is 0. The average Bonchev–Trinajstić information content (AvgIpc) is 3.42. The van der Waals surface area contributed by atoms with Crippen LogP contribution in [0.3, 0.4) is 0 Å². The summed E-state index contributed by atoms with van der Waals surface area (Å²) < 4.78 is 38.7. The van der Waals surface area contributed by atoms with Crippen LogP contribution >= 0.6 is 8.25 Å². The zero-order valence-corrected chi connectivity index (χ0v) is 18.8.